The molecule has 0 radical (unpaired) electrons. The van der Waals surface area contributed by atoms with Crippen LogP contribution in [0.2, 0.25) is 0 Å². The number of Topliss-reactive ketones (excluding diaryl/α,β-unsaturated/α-hetero) is 1. The maximum absolute atomic E-state index is 12.6. The lowest BCUT2D eigenvalue weighted by atomic mass is 9.74. The van der Waals surface area contributed by atoms with Gasteiger partial charge in [0, 0.05) is 19.4 Å². The second-order valence-corrected chi connectivity index (χ2v) is 7.36. The Morgan fingerprint density at radius 3 is 1.96 bits per heavy atom. The number of amides is 2. The molecular weight excluding hydrogens is 300 g/mol. The molecule has 7 heteroatoms. The van der Waals surface area contributed by atoms with E-state index in [1.807, 2.05) is 34.6 Å². The minimum absolute atomic E-state index is 0.0678. The Bertz CT molecular complexity index is 429. The third kappa shape index (κ3) is 6.66. The monoisotopic (exact) mass is 330 g/mol. The molecule has 3 atom stereocenters. The molecule has 0 aromatic heterocycles. The first kappa shape index (κ1) is 21.5. The van der Waals surface area contributed by atoms with Crippen LogP contribution in [-0.4, -0.2) is 41.1 Å². The highest BCUT2D eigenvalue weighted by Crippen LogP contribution is 2.31. The lowest BCUT2D eigenvalue weighted by molar-refractivity contribution is -0.147. The molecule has 0 unspecified atom stereocenters. The topological polar surface area (TPSA) is 116 Å². The molecule has 0 rings (SSSR count). The second kappa shape index (κ2) is 8.98. The average Bonchev–Trinajstić information content (AvgIpc) is 2.46. The van der Waals surface area contributed by atoms with Gasteiger partial charge in [-0.05, 0) is 17.8 Å². The average molecular weight is 330 g/mol. The van der Waals surface area contributed by atoms with Gasteiger partial charge in [-0.15, -0.1) is 0 Å². The fourth-order valence-corrected chi connectivity index (χ4v) is 2.51. The molecule has 0 fully saturated rings. The van der Waals surface area contributed by atoms with Crippen LogP contribution in [0.3, 0.4) is 0 Å². The van der Waals surface area contributed by atoms with Gasteiger partial charge in [-0.2, -0.15) is 0 Å². The van der Waals surface area contributed by atoms with Crippen molar-refractivity contribution in [3.05, 3.63) is 0 Å². The Hall–Kier alpha value is -1.47. The van der Waals surface area contributed by atoms with Crippen molar-refractivity contribution in [2.45, 2.75) is 53.6 Å². The van der Waals surface area contributed by atoms with Gasteiger partial charge in [-0.25, -0.2) is 5.48 Å². The number of nitrogens with one attached hydrogen (secondary N) is 2. The number of carbonyl (C=O) groups excluding carboxylic acids is 3. The first-order valence-electron chi connectivity index (χ1n) is 7.82. The highest BCUT2D eigenvalue weighted by Gasteiger charge is 2.38. The summed E-state index contributed by atoms with van der Waals surface area (Å²) < 4.78 is 0. The fraction of sp³-hybridized carbons (Fsp3) is 0.812. The van der Waals surface area contributed by atoms with E-state index in [1.165, 1.54) is 12.5 Å². The molecule has 0 aliphatic rings. The molecule has 0 heterocycles. The quantitative estimate of drug-likeness (QED) is 0.389. The summed E-state index contributed by atoms with van der Waals surface area (Å²) in [5, 5.41) is 21.2. The van der Waals surface area contributed by atoms with Gasteiger partial charge in [0.1, 0.15) is 11.9 Å². The molecule has 0 aliphatic carbocycles. The summed E-state index contributed by atoms with van der Waals surface area (Å²) in [6, 6.07) is 0. The number of carbonyl (C=O) groups is 3. The molecule has 0 aromatic carbocycles. The zero-order chi connectivity index (χ0) is 18.4. The van der Waals surface area contributed by atoms with Gasteiger partial charge in [-0.1, -0.05) is 34.6 Å². The van der Waals surface area contributed by atoms with Crippen LogP contribution in [0.25, 0.3) is 0 Å². The highest BCUT2D eigenvalue weighted by atomic mass is 16.5. The van der Waals surface area contributed by atoms with Crippen molar-refractivity contribution in [1.29, 1.82) is 0 Å². The van der Waals surface area contributed by atoms with Gasteiger partial charge in [0.2, 0.25) is 5.91 Å². The molecule has 4 N–H and O–H groups in total. The van der Waals surface area contributed by atoms with E-state index in [1.54, 1.807) is 0 Å². The highest BCUT2D eigenvalue weighted by molar-refractivity contribution is 5.92. The molecule has 0 saturated carbocycles. The molecular formula is C16H30N2O5. The van der Waals surface area contributed by atoms with Gasteiger partial charge in [-0.3, -0.25) is 19.6 Å². The van der Waals surface area contributed by atoms with Crippen molar-refractivity contribution in [3.8, 4) is 0 Å². The van der Waals surface area contributed by atoms with E-state index >= 15 is 0 Å². The molecule has 0 aliphatic heterocycles. The number of ketones is 1. The first-order valence-corrected chi connectivity index (χ1v) is 7.82. The molecule has 2 amide bonds. The summed E-state index contributed by atoms with van der Waals surface area (Å²) in [6.07, 6.45) is -1.42. The lowest BCUT2D eigenvalue weighted by Crippen LogP contribution is -2.44. The molecule has 7 nitrogen and oxygen atoms in total. The summed E-state index contributed by atoms with van der Waals surface area (Å²) in [5.74, 6) is -3.10. The van der Waals surface area contributed by atoms with Crippen molar-refractivity contribution in [1.82, 2.24) is 10.8 Å². The number of hydrogen-bond acceptors (Lipinski definition) is 5. The summed E-state index contributed by atoms with van der Waals surface area (Å²) >= 11 is 0. The maximum Gasteiger partial charge on any atom is 0.272 e. The third-order valence-corrected chi connectivity index (χ3v) is 3.91. The van der Waals surface area contributed by atoms with Gasteiger partial charge < -0.3 is 10.4 Å². The lowest BCUT2D eigenvalue weighted by Gasteiger charge is -2.31. The predicted octanol–water partition coefficient (Wildman–Crippen LogP) is 0.883. The minimum atomic E-state index is -1.64. The van der Waals surface area contributed by atoms with Crippen LogP contribution >= 0.6 is 0 Å². The normalized spacial score (nSPS) is 15.7. The van der Waals surface area contributed by atoms with Crippen LogP contribution in [0.5, 0.6) is 0 Å². The van der Waals surface area contributed by atoms with Crippen molar-refractivity contribution in [2.75, 3.05) is 7.05 Å². The summed E-state index contributed by atoms with van der Waals surface area (Å²) in [5.41, 5.74) is 0.928. The van der Waals surface area contributed by atoms with Crippen LogP contribution in [-0.2, 0) is 14.4 Å². The molecule has 0 spiro atoms. The van der Waals surface area contributed by atoms with Crippen molar-refractivity contribution in [2.24, 2.45) is 23.2 Å². The molecule has 23 heavy (non-hydrogen) atoms. The van der Waals surface area contributed by atoms with E-state index in [0.717, 1.165) is 0 Å². The predicted molar refractivity (Wildman–Crippen MR) is 85.5 cm³/mol. The van der Waals surface area contributed by atoms with Crippen molar-refractivity contribution < 1.29 is 24.7 Å². The third-order valence-electron chi connectivity index (χ3n) is 3.91. The molecule has 134 valence electrons. The molecule has 0 saturated heterocycles. The van der Waals surface area contributed by atoms with E-state index in [2.05, 4.69) is 5.32 Å². The minimum Gasteiger partial charge on any atom is -0.382 e. The number of hydrogen-bond donors (Lipinski definition) is 4. The van der Waals surface area contributed by atoms with E-state index < -0.39 is 29.3 Å². The summed E-state index contributed by atoms with van der Waals surface area (Å²) in [7, 11) is 1.51. The van der Waals surface area contributed by atoms with Crippen molar-refractivity contribution in [3.63, 3.8) is 0 Å². The van der Waals surface area contributed by atoms with Crippen LogP contribution in [0, 0.1) is 23.2 Å². The Balaban J connectivity index is 5.35. The molecule has 0 bridgehead atoms. The smallest absolute Gasteiger partial charge is 0.272 e. The van der Waals surface area contributed by atoms with E-state index in [-0.39, 0.29) is 30.4 Å². The number of aliphatic hydroxyl groups is 1. The van der Waals surface area contributed by atoms with Gasteiger partial charge in [0.05, 0.1) is 5.92 Å². The summed E-state index contributed by atoms with van der Waals surface area (Å²) in [4.78, 5) is 36.1. The number of rotatable bonds is 8. The Labute approximate surface area is 137 Å². The standard InChI is InChI=1S/C16H30N2O5/c1-9(2)7-10(13(20)15(22)18-23)12(19)8-11(14(21)17-6)16(3,4)5/h9-11,13,20,23H,7-8H2,1-6H3,(H,17,21)(H,18,22)/t10-,11-,13+/m1/s1. The van der Waals surface area contributed by atoms with Crippen LogP contribution in [0.15, 0.2) is 0 Å². The fourth-order valence-electron chi connectivity index (χ4n) is 2.51. The van der Waals surface area contributed by atoms with E-state index in [4.69, 9.17) is 5.21 Å². The van der Waals surface area contributed by atoms with E-state index in [0.29, 0.717) is 0 Å². The maximum atomic E-state index is 12.6. The van der Waals surface area contributed by atoms with Gasteiger partial charge in [0.15, 0.2) is 0 Å². The second-order valence-electron chi connectivity index (χ2n) is 7.36. The Morgan fingerprint density at radius 1 is 1.09 bits per heavy atom. The first-order chi connectivity index (χ1) is 10.4. The molecule has 0 aromatic rings. The van der Waals surface area contributed by atoms with Crippen LogP contribution < -0.4 is 10.8 Å². The van der Waals surface area contributed by atoms with Gasteiger partial charge >= 0.3 is 0 Å². The Morgan fingerprint density at radius 2 is 1.61 bits per heavy atom. The Kier molecular flexibility index (Phi) is 8.41. The largest absolute Gasteiger partial charge is 0.382 e. The zero-order valence-electron chi connectivity index (χ0n) is 14.8. The zero-order valence-corrected chi connectivity index (χ0v) is 14.8. The van der Waals surface area contributed by atoms with E-state index in [9.17, 15) is 19.5 Å². The summed E-state index contributed by atoms with van der Waals surface area (Å²) in [6.45, 7) is 9.30. The van der Waals surface area contributed by atoms with Crippen molar-refractivity contribution >= 4 is 17.6 Å². The van der Waals surface area contributed by atoms with Gasteiger partial charge in [0.25, 0.3) is 5.91 Å². The van der Waals surface area contributed by atoms with Crippen LogP contribution in [0.4, 0.5) is 0 Å². The SMILES string of the molecule is CNC(=O)[C@@H](CC(=O)[C@@H](CC(C)C)[C@H](O)C(=O)NO)C(C)(C)C. The number of aliphatic hydroxyl groups excluding tert-OH is 1. The van der Waals surface area contributed by atoms with Crippen LogP contribution in [0.1, 0.15) is 47.5 Å². The number of hydroxylamine groups is 1.